The number of nitrogens with zero attached hydrogens (tertiary/aromatic N) is 6. The molecule has 37 heavy (non-hydrogen) atoms. The van der Waals surface area contributed by atoms with E-state index in [1.165, 1.54) is 0 Å². The summed E-state index contributed by atoms with van der Waals surface area (Å²) in [5, 5.41) is 8.40. The van der Waals surface area contributed by atoms with Crippen LogP contribution in [0.4, 0.5) is 10.3 Å². The lowest BCUT2D eigenvalue weighted by Crippen LogP contribution is -2.59. The van der Waals surface area contributed by atoms with Crippen LogP contribution in [0, 0.1) is 12.3 Å². The van der Waals surface area contributed by atoms with Gasteiger partial charge in [-0.05, 0) is 42.5 Å². The van der Waals surface area contributed by atoms with Crippen LogP contribution in [0.15, 0.2) is 30.5 Å². The Morgan fingerprint density at radius 1 is 1.22 bits per heavy atom. The molecule has 10 heteroatoms. The fourth-order valence-corrected chi connectivity index (χ4v) is 5.77. The molecule has 1 aromatic carbocycles. The van der Waals surface area contributed by atoms with Crippen LogP contribution in [0.2, 0.25) is 0 Å². The molecule has 6 rings (SSSR count). The zero-order valence-corrected chi connectivity index (χ0v) is 21.9. The maximum absolute atomic E-state index is 13.2. The summed E-state index contributed by atoms with van der Waals surface area (Å²) in [5.74, 6) is 1.86. The number of aromatic nitrogens is 5. The zero-order chi connectivity index (χ0) is 25.7. The van der Waals surface area contributed by atoms with E-state index in [9.17, 15) is 4.39 Å². The zero-order valence-electron chi connectivity index (χ0n) is 21.9. The van der Waals surface area contributed by atoms with E-state index in [0.717, 1.165) is 66.2 Å². The number of ether oxygens (including phenoxy) is 2. The van der Waals surface area contributed by atoms with E-state index < -0.39 is 6.67 Å². The van der Waals surface area contributed by atoms with E-state index in [0.29, 0.717) is 17.9 Å². The first kappa shape index (κ1) is 24.1. The molecule has 3 aromatic heterocycles. The van der Waals surface area contributed by atoms with E-state index >= 15 is 0 Å². The van der Waals surface area contributed by atoms with E-state index in [1.807, 2.05) is 40.4 Å². The van der Waals surface area contributed by atoms with Crippen LogP contribution < -0.4 is 10.1 Å². The molecule has 0 unspecified atom stereocenters. The lowest BCUT2D eigenvalue weighted by Gasteiger charge is -2.49. The van der Waals surface area contributed by atoms with E-state index in [4.69, 9.17) is 19.6 Å². The van der Waals surface area contributed by atoms with Crippen molar-refractivity contribution in [3.63, 3.8) is 0 Å². The molecule has 0 amide bonds. The molecule has 9 nitrogen and oxygen atoms in total. The molecule has 0 saturated carbocycles. The number of hydrogen-bond acceptors (Lipinski definition) is 7. The number of benzene rings is 1. The van der Waals surface area contributed by atoms with Crippen LogP contribution in [-0.2, 0) is 11.3 Å². The number of alkyl halides is 1. The van der Waals surface area contributed by atoms with Gasteiger partial charge in [0.15, 0.2) is 0 Å². The molecule has 5 heterocycles. The monoisotopic (exact) mass is 507 g/mol. The van der Waals surface area contributed by atoms with Gasteiger partial charge in [0.2, 0.25) is 11.8 Å². The third-order valence-electron chi connectivity index (χ3n) is 7.93. The molecular formula is C27H34FN7O2. The Labute approximate surface area is 215 Å². The first-order valence-corrected chi connectivity index (χ1v) is 12.9. The van der Waals surface area contributed by atoms with Gasteiger partial charge in [-0.15, -0.1) is 5.10 Å². The summed E-state index contributed by atoms with van der Waals surface area (Å²) >= 11 is 0. The Kier molecular flexibility index (Phi) is 6.03. The average molecular weight is 508 g/mol. The van der Waals surface area contributed by atoms with Crippen LogP contribution in [0.5, 0.6) is 5.88 Å². The first-order chi connectivity index (χ1) is 17.9. The molecule has 1 N–H and O–H groups in total. The second-order valence-electron chi connectivity index (χ2n) is 10.8. The van der Waals surface area contributed by atoms with Crippen molar-refractivity contribution in [3.05, 3.63) is 36.3 Å². The third kappa shape index (κ3) is 4.21. The van der Waals surface area contributed by atoms with Gasteiger partial charge in [-0.2, -0.15) is 4.98 Å². The number of anilines is 1. The molecule has 0 aliphatic carbocycles. The second kappa shape index (κ2) is 9.25. The van der Waals surface area contributed by atoms with Crippen LogP contribution in [0.25, 0.3) is 27.7 Å². The van der Waals surface area contributed by atoms with E-state index in [1.54, 1.807) is 7.11 Å². The van der Waals surface area contributed by atoms with Crippen molar-refractivity contribution in [2.24, 2.45) is 5.41 Å². The minimum Gasteiger partial charge on any atom is -0.479 e. The SMILES string of the molecule is COc1nc(N[C@H]2CCN(C3COC3)CC2(C)C)nn2ccc(-c3ccc4nc(C)n(CCF)c4c3)c12. The lowest BCUT2D eigenvalue weighted by atomic mass is 9.78. The molecule has 196 valence electrons. The average Bonchev–Trinajstić information content (AvgIpc) is 3.39. The van der Waals surface area contributed by atoms with E-state index in [-0.39, 0.29) is 18.0 Å². The Hall–Kier alpha value is -3.24. The fourth-order valence-electron chi connectivity index (χ4n) is 5.77. The van der Waals surface area contributed by atoms with E-state index in [2.05, 4.69) is 35.1 Å². The second-order valence-corrected chi connectivity index (χ2v) is 10.8. The summed E-state index contributed by atoms with van der Waals surface area (Å²) in [6.07, 6.45) is 2.94. The lowest BCUT2D eigenvalue weighted by molar-refractivity contribution is -0.0860. The number of halogens is 1. The van der Waals surface area contributed by atoms with Crippen LogP contribution in [0.1, 0.15) is 26.1 Å². The molecule has 4 aromatic rings. The van der Waals surface area contributed by atoms with Crippen molar-refractivity contribution in [1.82, 2.24) is 29.0 Å². The highest BCUT2D eigenvalue weighted by Crippen LogP contribution is 2.36. The molecule has 0 radical (unpaired) electrons. The highest BCUT2D eigenvalue weighted by molar-refractivity contribution is 5.89. The summed E-state index contributed by atoms with van der Waals surface area (Å²) < 4.78 is 28.1. The quantitative estimate of drug-likeness (QED) is 0.406. The van der Waals surface area contributed by atoms with Crippen molar-refractivity contribution in [3.8, 4) is 17.0 Å². The van der Waals surface area contributed by atoms with Gasteiger partial charge in [0, 0.05) is 30.9 Å². The molecule has 2 aliphatic heterocycles. The Bertz CT molecular complexity index is 1440. The first-order valence-electron chi connectivity index (χ1n) is 12.9. The molecule has 1 atom stereocenters. The van der Waals surface area contributed by atoms with Crippen molar-refractivity contribution in [1.29, 1.82) is 0 Å². The van der Waals surface area contributed by atoms with Gasteiger partial charge in [0.25, 0.3) is 0 Å². The van der Waals surface area contributed by atoms with Gasteiger partial charge >= 0.3 is 0 Å². The van der Waals surface area contributed by atoms with Crippen molar-refractivity contribution in [2.45, 2.75) is 45.8 Å². The number of rotatable bonds is 7. The number of piperidine rings is 1. The minimum absolute atomic E-state index is 0.0529. The third-order valence-corrected chi connectivity index (χ3v) is 7.93. The summed E-state index contributed by atoms with van der Waals surface area (Å²) in [5.41, 5.74) is 4.54. The maximum Gasteiger partial charge on any atom is 0.244 e. The van der Waals surface area contributed by atoms with Crippen molar-refractivity contribution >= 4 is 22.5 Å². The number of likely N-dealkylation sites (tertiary alicyclic amines) is 1. The predicted molar refractivity (Wildman–Crippen MR) is 141 cm³/mol. The standard InChI is InChI=1S/C27H34FN7O2/c1-17-29-21-6-5-18(13-22(21)34(17)12-9-28)20-7-11-35-24(20)25(36-4)31-26(32-35)30-23-8-10-33(16-27(23,2)3)19-14-37-15-19/h5-7,11,13,19,23H,8-10,12,14-16H2,1-4H3,(H,30,32)/t23-/m0/s1. The van der Waals surface area contributed by atoms with Gasteiger partial charge in [-0.25, -0.2) is 13.9 Å². The van der Waals surface area contributed by atoms with Gasteiger partial charge in [-0.3, -0.25) is 4.90 Å². The number of nitrogens with one attached hydrogen (secondary N) is 1. The van der Waals surface area contributed by atoms with Crippen molar-refractivity contribution in [2.75, 3.05) is 45.4 Å². The number of hydrogen-bond donors (Lipinski definition) is 1. The highest BCUT2D eigenvalue weighted by atomic mass is 19.1. The smallest absolute Gasteiger partial charge is 0.244 e. The minimum atomic E-state index is -0.437. The summed E-state index contributed by atoms with van der Waals surface area (Å²) in [6, 6.07) is 8.86. The largest absolute Gasteiger partial charge is 0.479 e. The Balaban J connectivity index is 1.31. The fraction of sp³-hybridized carbons (Fsp3) is 0.519. The summed E-state index contributed by atoms with van der Waals surface area (Å²) in [4.78, 5) is 11.9. The number of aryl methyl sites for hydroxylation is 2. The normalized spacial score (nSPS) is 20.4. The maximum atomic E-state index is 13.2. The summed E-state index contributed by atoms with van der Waals surface area (Å²) in [6.45, 7) is 10.1. The van der Waals surface area contributed by atoms with Gasteiger partial charge < -0.3 is 19.4 Å². The van der Waals surface area contributed by atoms with Crippen molar-refractivity contribution < 1.29 is 13.9 Å². The van der Waals surface area contributed by atoms with Crippen LogP contribution in [-0.4, -0.2) is 81.2 Å². The molecule has 0 bridgehead atoms. The van der Waals surface area contributed by atoms with Gasteiger partial charge in [0.1, 0.15) is 18.0 Å². The number of fused-ring (bicyclic) bond motifs is 2. The molecular weight excluding hydrogens is 473 g/mol. The molecule has 2 fully saturated rings. The Morgan fingerprint density at radius 3 is 2.76 bits per heavy atom. The van der Waals surface area contributed by atoms with Gasteiger partial charge in [-0.1, -0.05) is 19.9 Å². The molecule has 2 saturated heterocycles. The topological polar surface area (TPSA) is 81.7 Å². The predicted octanol–water partition coefficient (Wildman–Crippen LogP) is 3.94. The Morgan fingerprint density at radius 2 is 2.05 bits per heavy atom. The number of methoxy groups -OCH3 is 1. The number of imidazole rings is 1. The van der Waals surface area contributed by atoms with Crippen LogP contribution >= 0.6 is 0 Å². The molecule has 2 aliphatic rings. The van der Waals surface area contributed by atoms with Gasteiger partial charge in [0.05, 0.1) is 43.9 Å². The summed E-state index contributed by atoms with van der Waals surface area (Å²) in [7, 11) is 1.63. The highest BCUT2D eigenvalue weighted by Gasteiger charge is 2.40. The van der Waals surface area contributed by atoms with Crippen LogP contribution in [0.3, 0.4) is 0 Å². The molecule has 0 spiro atoms.